The van der Waals surface area contributed by atoms with Gasteiger partial charge < -0.3 is 5.32 Å². The average Bonchev–Trinajstić information content (AvgIpc) is 2.94. The summed E-state index contributed by atoms with van der Waals surface area (Å²) in [6, 6.07) is 6.83. The second-order valence-electron chi connectivity index (χ2n) is 6.17. The number of thioether (sulfide) groups is 1. The summed E-state index contributed by atoms with van der Waals surface area (Å²) in [5.74, 6) is 0.544. The third-order valence-electron chi connectivity index (χ3n) is 4.13. The van der Waals surface area contributed by atoms with E-state index in [-0.39, 0.29) is 23.9 Å². The van der Waals surface area contributed by atoms with Gasteiger partial charge in [0.15, 0.2) is 5.16 Å². The fourth-order valence-electron chi connectivity index (χ4n) is 2.83. The van der Waals surface area contributed by atoms with Crippen LogP contribution in [-0.2, 0) is 11.2 Å². The predicted molar refractivity (Wildman–Crippen MR) is 102 cm³/mol. The van der Waals surface area contributed by atoms with Crippen LogP contribution in [0.4, 0.5) is 5.69 Å². The average molecular weight is 378 g/mol. The van der Waals surface area contributed by atoms with Gasteiger partial charge in [-0.2, -0.15) is 0 Å². The molecule has 1 aromatic heterocycles. The second-order valence-corrected chi connectivity index (χ2v) is 7.56. The minimum atomic E-state index is -0.170. The fourth-order valence-corrected chi connectivity index (χ4v) is 4.18. The maximum atomic E-state index is 12.4. The van der Waals surface area contributed by atoms with Gasteiger partial charge in [-0.25, -0.2) is 4.98 Å². The van der Waals surface area contributed by atoms with E-state index in [1.807, 2.05) is 19.1 Å². The Labute approximate surface area is 155 Å². The lowest BCUT2D eigenvalue weighted by Gasteiger charge is -2.14. The summed E-state index contributed by atoms with van der Waals surface area (Å²) in [6.45, 7) is 3.97. The number of benzene rings is 1. The molecule has 0 fully saturated rings. The van der Waals surface area contributed by atoms with E-state index in [0.717, 1.165) is 24.1 Å². The van der Waals surface area contributed by atoms with Gasteiger partial charge in [-0.15, -0.1) is 0 Å². The van der Waals surface area contributed by atoms with Crippen molar-refractivity contribution >= 4 is 35.0 Å². The van der Waals surface area contributed by atoms with E-state index < -0.39 is 0 Å². The number of nitrogens with zero attached hydrogens (tertiary/aromatic N) is 2. The Kier molecular flexibility index (Phi) is 5.49. The van der Waals surface area contributed by atoms with Gasteiger partial charge in [0.05, 0.1) is 6.04 Å². The Balaban J connectivity index is 1.72. The number of carbonyl (C=O) groups excluding carboxylic acids is 1. The first-order chi connectivity index (χ1) is 12.0. The van der Waals surface area contributed by atoms with Crippen molar-refractivity contribution in [3.05, 3.63) is 50.9 Å². The van der Waals surface area contributed by atoms with E-state index in [9.17, 15) is 9.59 Å². The third kappa shape index (κ3) is 4.07. The van der Waals surface area contributed by atoms with Crippen molar-refractivity contribution in [2.45, 2.75) is 44.3 Å². The molecule has 1 amide bonds. The van der Waals surface area contributed by atoms with Crippen molar-refractivity contribution in [2.24, 2.45) is 0 Å². The summed E-state index contributed by atoms with van der Waals surface area (Å²) in [6.07, 6.45) is 1.98. The molecular formula is C18H20ClN3O2S. The first-order valence-electron chi connectivity index (χ1n) is 8.29. The smallest absolute Gasteiger partial charge is 0.254 e. The van der Waals surface area contributed by atoms with E-state index in [2.05, 4.69) is 17.2 Å². The molecule has 0 saturated carbocycles. The number of nitrogens with one attached hydrogen (secondary N) is 1. The van der Waals surface area contributed by atoms with Crippen LogP contribution in [0.2, 0.25) is 5.02 Å². The van der Waals surface area contributed by atoms with Gasteiger partial charge in [0.1, 0.15) is 0 Å². The number of rotatable bonds is 5. The van der Waals surface area contributed by atoms with Crippen molar-refractivity contribution in [2.75, 3.05) is 11.1 Å². The molecular weight excluding hydrogens is 358 g/mol. The first-order valence-corrected chi connectivity index (χ1v) is 9.65. The van der Waals surface area contributed by atoms with E-state index in [4.69, 9.17) is 11.6 Å². The van der Waals surface area contributed by atoms with Crippen molar-refractivity contribution in [3.8, 4) is 0 Å². The first kappa shape index (κ1) is 18.0. The SMILES string of the molecule is CCCc1cc(=O)n2c(n1)SCC2CC(=O)Nc1ccc(C)c(Cl)c1. The molecule has 2 heterocycles. The molecule has 1 aliphatic heterocycles. The standard InChI is InChI=1S/C18H20ClN3O2S/c1-3-4-12-8-17(24)22-14(10-25-18(22)21-12)9-16(23)20-13-6-5-11(2)15(19)7-13/h5-8,14H,3-4,9-10H2,1-2H3,(H,20,23). The maximum Gasteiger partial charge on any atom is 0.254 e. The number of aromatic nitrogens is 2. The van der Waals surface area contributed by atoms with E-state index >= 15 is 0 Å². The topological polar surface area (TPSA) is 64.0 Å². The van der Waals surface area contributed by atoms with Crippen LogP contribution in [0.5, 0.6) is 0 Å². The summed E-state index contributed by atoms with van der Waals surface area (Å²) in [5, 5.41) is 4.18. The highest BCUT2D eigenvalue weighted by molar-refractivity contribution is 7.99. The quantitative estimate of drug-likeness (QED) is 0.804. The van der Waals surface area contributed by atoms with Gasteiger partial charge in [0.25, 0.3) is 5.56 Å². The Hall–Kier alpha value is -1.79. The maximum absolute atomic E-state index is 12.4. The van der Waals surface area contributed by atoms with E-state index in [1.54, 1.807) is 16.7 Å². The number of fused-ring (bicyclic) bond motifs is 1. The predicted octanol–water partition coefficient (Wildman–Crippen LogP) is 3.83. The van der Waals surface area contributed by atoms with Crippen molar-refractivity contribution in [3.63, 3.8) is 0 Å². The lowest BCUT2D eigenvalue weighted by molar-refractivity contribution is -0.116. The fraction of sp³-hybridized carbons (Fsp3) is 0.389. The van der Waals surface area contributed by atoms with Crippen LogP contribution in [0, 0.1) is 6.92 Å². The lowest BCUT2D eigenvalue weighted by Crippen LogP contribution is -2.27. The van der Waals surface area contributed by atoms with Gasteiger partial charge in [0.2, 0.25) is 5.91 Å². The van der Waals surface area contributed by atoms with E-state index in [1.165, 1.54) is 11.8 Å². The van der Waals surface area contributed by atoms with Crippen LogP contribution in [-0.4, -0.2) is 21.2 Å². The molecule has 2 aromatic rings. The number of hydrogen-bond acceptors (Lipinski definition) is 4. The third-order valence-corrected chi connectivity index (χ3v) is 5.63. The van der Waals surface area contributed by atoms with Crippen molar-refractivity contribution in [1.82, 2.24) is 9.55 Å². The van der Waals surface area contributed by atoms with Gasteiger partial charge >= 0.3 is 0 Å². The minimum Gasteiger partial charge on any atom is -0.326 e. The summed E-state index contributed by atoms with van der Waals surface area (Å²) in [7, 11) is 0. The number of carbonyl (C=O) groups is 1. The molecule has 0 radical (unpaired) electrons. The number of hydrogen-bond donors (Lipinski definition) is 1. The highest BCUT2D eigenvalue weighted by Gasteiger charge is 2.27. The molecule has 1 atom stereocenters. The van der Waals surface area contributed by atoms with Gasteiger partial charge in [0, 0.05) is 34.6 Å². The highest BCUT2D eigenvalue weighted by atomic mass is 35.5. The Bertz CT molecular complexity index is 866. The molecule has 1 N–H and O–H groups in total. The van der Waals surface area contributed by atoms with Crippen LogP contribution in [0.15, 0.2) is 34.2 Å². The molecule has 0 bridgehead atoms. The summed E-state index contributed by atoms with van der Waals surface area (Å²) in [5.41, 5.74) is 2.37. The molecule has 0 spiro atoms. The van der Waals surface area contributed by atoms with Gasteiger partial charge in [-0.05, 0) is 31.0 Å². The highest BCUT2D eigenvalue weighted by Crippen LogP contribution is 2.32. The van der Waals surface area contributed by atoms with Crippen LogP contribution in [0.1, 0.15) is 37.1 Å². The summed E-state index contributed by atoms with van der Waals surface area (Å²) < 4.78 is 1.64. The normalized spacial score (nSPS) is 15.9. The summed E-state index contributed by atoms with van der Waals surface area (Å²) >= 11 is 7.62. The van der Waals surface area contributed by atoms with Crippen molar-refractivity contribution in [1.29, 1.82) is 0 Å². The molecule has 1 unspecified atom stereocenters. The van der Waals surface area contributed by atoms with Crippen LogP contribution in [0.25, 0.3) is 0 Å². The number of amides is 1. The second kappa shape index (κ2) is 7.62. The summed E-state index contributed by atoms with van der Waals surface area (Å²) in [4.78, 5) is 29.3. The molecule has 1 aromatic carbocycles. The number of aryl methyl sites for hydroxylation is 2. The van der Waals surface area contributed by atoms with Crippen LogP contribution < -0.4 is 10.9 Å². The zero-order chi connectivity index (χ0) is 18.0. The monoisotopic (exact) mass is 377 g/mol. The molecule has 132 valence electrons. The van der Waals surface area contributed by atoms with Crippen LogP contribution in [0.3, 0.4) is 0 Å². The Morgan fingerprint density at radius 2 is 2.24 bits per heavy atom. The van der Waals surface area contributed by atoms with Gasteiger partial charge in [-0.1, -0.05) is 42.8 Å². The Morgan fingerprint density at radius 1 is 1.44 bits per heavy atom. The molecule has 7 heteroatoms. The zero-order valence-corrected chi connectivity index (χ0v) is 15.8. The zero-order valence-electron chi connectivity index (χ0n) is 14.2. The van der Waals surface area contributed by atoms with E-state index in [0.29, 0.717) is 21.6 Å². The van der Waals surface area contributed by atoms with Gasteiger partial charge in [-0.3, -0.25) is 14.2 Å². The molecule has 0 saturated heterocycles. The molecule has 1 aliphatic rings. The molecule has 25 heavy (non-hydrogen) atoms. The molecule has 5 nitrogen and oxygen atoms in total. The largest absolute Gasteiger partial charge is 0.326 e. The Morgan fingerprint density at radius 3 is 2.96 bits per heavy atom. The van der Waals surface area contributed by atoms with Crippen molar-refractivity contribution < 1.29 is 4.79 Å². The number of halogens is 1. The molecule has 0 aliphatic carbocycles. The lowest BCUT2D eigenvalue weighted by atomic mass is 10.2. The molecule has 3 rings (SSSR count). The minimum absolute atomic E-state index is 0.0744. The number of anilines is 1. The van der Waals surface area contributed by atoms with Crippen LogP contribution >= 0.6 is 23.4 Å².